The van der Waals surface area contributed by atoms with Gasteiger partial charge in [0.05, 0.1) is 29.0 Å². The highest BCUT2D eigenvalue weighted by atomic mass is 79.9. The minimum Gasteiger partial charge on any atom is -0.496 e. The summed E-state index contributed by atoms with van der Waals surface area (Å²) in [6.45, 7) is 0. The van der Waals surface area contributed by atoms with Crippen LogP contribution in [0.15, 0.2) is 77.3 Å². The molecule has 3 atom stereocenters. The summed E-state index contributed by atoms with van der Waals surface area (Å²) in [5.41, 5.74) is 1.84. The van der Waals surface area contributed by atoms with Crippen LogP contribution in [-0.2, 0) is 14.4 Å². The Hall–Kier alpha value is -3.23. The maximum atomic E-state index is 13.5. The van der Waals surface area contributed by atoms with E-state index in [4.69, 9.17) is 9.57 Å². The fraction of sp³-hybridized carbons (Fsp3) is 0.167. The van der Waals surface area contributed by atoms with Crippen molar-refractivity contribution in [2.75, 3.05) is 17.1 Å². The van der Waals surface area contributed by atoms with Crippen molar-refractivity contribution in [3.63, 3.8) is 0 Å². The van der Waals surface area contributed by atoms with Gasteiger partial charge in [-0.15, -0.1) is 0 Å². The molecule has 0 aliphatic carbocycles. The molecular formula is C24H18BrFN2O4. The van der Waals surface area contributed by atoms with E-state index in [0.717, 1.165) is 20.6 Å². The number of para-hydroxylation sites is 1. The molecule has 2 amide bonds. The molecule has 2 aliphatic heterocycles. The van der Waals surface area contributed by atoms with E-state index in [1.807, 2.05) is 42.5 Å². The molecule has 2 saturated heterocycles. The van der Waals surface area contributed by atoms with Crippen LogP contribution in [0.3, 0.4) is 0 Å². The Morgan fingerprint density at radius 2 is 1.66 bits per heavy atom. The Labute approximate surface area is 192 Å². The number of benzene rings is 3. The first-order valence-electron chi connectivity index (χ1n) is 9.97. The van der Waals surface area contributed by atoms with Gasteiger partial charge in [0, 0.05) is 0 Å². The molecule has 0 unspecified atom stereocenters. The van der Waals surface area contributed by atoms with Crippen LogP contribution in [-0.4, -0.2) is 25.0 Å². The number of amides is 2. The van der Waals surface area contributed by atoms with Gasteiger partial charge >= 0.3 is 0 Å². The number of carbonyl (C=O) groups is 2. The topological polar surface area (TPSA) is 59.1 Å². The molecule has 0 N–H and O–H groups in total. The molecular weight excluding hydrogens is 479 g/mol. The van der Waals surface area contributed by atoms with Crippen molar-refractivity contribution >= 4 is 39.1 Å². The highest BCUT2D eigenvalue weighted by Gasteiger charge is 2.60. The Kier molecular flexibility index (Phi) is 5.19. The van der Waals surface area contributed by atoms with Crippen molar-refractivity contribution in [2.45, 2.75) is 12.1 Å². The average molecular weight is 497 g/mol. The molecule has 0 bridgehead atoms. The van der Waals surface area contributed by atoms with E-state index in [-0.39, 0.29) is 5.91 Å². The molecule has 8 heteroatoms. The number of carbonyl (C=O) groups excluding carboxylic acids is 2. The van der Waals surface area contributed by atoms with Gasteiger partial charge in [0.2, 0.25) is 5.91 Å². The Bertz CT molecular complexity index is 1190. The lowest BCUT2D eigenvalue weighted by molar-refractivity contribution is -0.126. The molecule has 3 aromatic carbocycles. The number of rotatable bonds is 4. The normalized spacial score (nSPS) is 22.4. The zero-order valence-corrected chi connectivity index (χ0v) is 18.5. The van der Waals surface area contributed by atoms with Gasteiger partial charge in [-0.05, 0) is 70.0 Å². The number of nitrogens with zero attached hydrogens (tertiary/aromatic N) is 2. The van der Waals surface area contributed by atoms with Crippen molar-refractivity contribution < 1.29 is 23.6 Å². The van der Waals surface area contributed by atoms with Gasteiger partial charge < -0.3 is 4.74 Å². The molecule has 2 heterocycles. The van der Waals surface area contributed by atoms with Crippen molar-refractivity contribution in [3.8, 4) is 5.75 Å². The van der Waals surface area contributed by atoms with Gasteiger partial charge in [0.15, 0.2) is 6.10 Å². The molecule has 2 aliphatic rings. The SMILES string of the molecule is COc1ccc([C@@H]2[C@@H]3C(=O)N(c4ccc(F)cc4)C(=O)[C@H]3ON2c2ccccc2)cc1Br. The van der Waals surface area contributed by atoms with Gasteiger partial charge in [-0.1, -0.05) is 24.3 Å². The highest BCUT2D eigenvalue weighted by Crippen LogP contribution is 2.48. The van der Waals surface area contributed by atoms with Crippen molar-refractivity contribution in [3.05, 3.63) is 88.6 Å². The Morgan fingerprint density at radius 1 is 0.938 bits per heavy atom. The summed E-state index contributed by atoms with van der Waals surface area (Å²) in [7, 11) is 1.57. The van der Waals surface area contributed by atoms with Crippen LogP contribution >= 0.6 is 15.9 Å². The first kappa shape index (κ1) is 20.7. The molecule has 162 valence electrons. The third-order valence-electron chi connectivity index (χ3n) is 5.73. The molecule has 2 fully saturated rings. The number of hydroxylamine groups is 1. The molecule has 32 heavy (non-hydrogen) atoms. The third-order valence-corrected chi connectivity index (χ3v) is 6.35. The standard InChI is InChI=1S/C24H18BrFN2O4/c1-31-19-12-7-14(13-18(19)25)21-20-22(32-28(21)17-5-3-2-4-6-17)24(30)27(23(20)29)16-10-8-15(26)9-11-16/h2-13,20-22H,1H3/t20-,21+,22-/m0/s1. The number of hydrogen-bond donors (Lipinski definition) is 0. The molecule has 0 radical (unpaired) electrons. The third kappa shape index (κ3) is 3.27. The number of hydrogen-bond acceptors (Lipinski definition) is 5. The Morgan fingerprint density at radius 3 is 2.31 bits per heavy atom. The summed E-state index contributed by atoms with van der Waals surface area (Å²) >= 11 is 3.50. The Balaban J connectivity index is 1.59. The van der Waals surface area contributed by atoms with Crippen LogP contribution in [0.2, 0.25) is 0 Å². The van der Waals surface area contributed by atoms with E-state index in [1.54, 1.807) is 18.2 Å². The summed E-state index contributed by atoms with van der Waals surface area (Å²) in [6.07, 6.45) is -0.987. The number of anilines is 2. The summed E-state index contributed by atoms with van der Waals surface area (Å²) in [4.78, 5) is 33.9. The molecule has 0 spiro atoms. The maximum absolute atomic E-state index is 13.5. The van der Waals surface area contributed by atoms with E-state index in [1.165, 1.54) is 24.3 Å². The smallest absolute Gasteiger partial charge is 0.266 e. The van der Waals surface area contributed by atoms with Crippen LogP contribution in [0.25, 0.3) is 0 Å². The lowest BCUT2D eigenvalue weighted by Gasteiger charge is -2.29. The fourth-order valence-corrected chi connectivity index (χ4v) is 4.82. The molecule has 5 rings (SSSR count). The monoisotopic (exact) mass is 496 g/mol. The summed E-state index contributed by atoms with van der Waals surface area (Å²) < 4.78 is 19.4. The van der Waals surface area contributed by atoms with Crippen LogP contribution < -0.4 is 14.7 Å². The van der Waals surface area contributed by atoms with Crippen molar-refractivity contribution in [1.82, 2.24) is 0 Å². The minimum atomic E-state index is -0.987. The van der Waals surface area contributed by atoms with Crippen LogP contribution in [0.4, 0.5) is 15.8 Å². The summed E-state index contributed by atoms with van der Waals surface area (Å²) in [5, 5.41) is 1.63. The number of imide groups is 1. The average Bonchev–Trinajstić information content (AvgIpc) is 3.31. The summed E-state index contributed by atoms with van der Waals surface area (Å²) in [6, 6.07) is 19.6. The fourth-order valence-electron chi connectivity index (χ4n) is 4.26. The number of ether oxygens (including phenoxy) is 1. The second-order valence-corrected chi connectivity index (χ2v) is 8.39. The van der Waals surface area contributed by atoms with E-state index in [9.17, 15) is 14.0 Å². The second-order valence-electron chi connectivity index (χ2n) is 7.54. The van der Waals surface area contributed by atoms with Crippen LogP contribution in [0.1, 0.15) is 11.6 Å². The van der Waals surface area contributed by atoms with E-state index in [2.05, 4.69) is 15.9 Å². The van der Waals surface area contributed by atoms with Gasteiger partial charge in [0.1, 0.15) is 17.5 Å². The first-order valence-corrected chi connectivity index (χ1v) is 10.8. The molecule has 0 saturated carbocycles. The molecule has 0 aromatic heterocycles. The minimum absolute atomic E-state index is 0.320. The molecule has 3 aromatic rings. The van der Waals surface area contributed by atoms with Gasteiger partial charge in [-0.3, -0.25) is 14.4 Å². The number of halogens is 2. The second kappa shape index (κ2) is 8.03. The quantitative estimate of drug-likeness (QED) is 0.492. The first-order chi connectivity index (χ1) is 15.5. The predicted molar refractivity (Wildman–Crippen MR) is 120 cm³/mol. The van der Waals surface area contributed by atoms with E-state index < -0.39 is 29.8 Å². The van der Waals surface area contributed by atoms with Crippen molar-refractivity contribution in [1.29, 1.82) is 0 Å². The largest absolute Gasteiger partial charge is 0.496 e. The van der Waals surface area contributed by atoms with Gasteiger partial charge in [0.25, 0.3) is 5.91 Å². The molecule has 6 nitrogen and oxygen atoms in total. The van der Waals surface area contributed by atoms with Crippen LogP contribution in [0, 0.1) is 11.7 Å². The van der Waals surface area contributed by atoms with E-state index in [0.29, 0.717) is 11.4 Å². The zero-order chi connectivity index (χ0) is 22.4. The van der Waals surface area contributed by atoms with E-state index >= 15 is 0 Å². The number of methoxy groups -OCH3 is 1. The van der Waals surface area contributed by atoms with Gasteiger partial charge in [-0.2, -0.15) is 0 Å². The van der Waals surface area contributed by atoms with Gasteiger partial charge in [-0.25, -0.2) is 14.4 Å². The lowest BCUT2D eigenvalue weighted by Crippen LogP contribution is -2.37. The predicted octanol–water partition coefficient (Wildman–Crippen LogP) is 4.65. The van der Waals surface area contributed by atoms with Crippen molar-refractivity contribution in [2.24, 2.45) is 5.92 Å². The maximum Gasteiger partial charge on any atom is 0.266 e. The highest BCUT2D eigenvalue weighted by molar-refractivity contribution is 9.10. The summed E-state index contributed by atoms with van der Waals surface area (Å²) in [5.74, 6) is -1.42. The lowest BCUT2D eigenvalue weighted by atomic mass is 9.90. The van der Waals surface area contributed by atoms with Crippen LogP contribution in [0.5, 0.6) is 5.75 Å². The zero-order valence-electron chi connectivity index (χ0n) is 16.9. The number of fused-ring (bicyclic) bond motifs is 1.